The molecular formula is C8H17F3N2O2. The summed E-state index contributed by atoms with van der Waals surface area (Å²) in [6.07, 6.45) is -5.11. The minimum absolute atomic E-state index is 0.0903. The number of hydrazine groups is 1. The van der Waals surface area contributed by atoms with Crippen LogP contribution in [0, 0.1) is 0 Å². The van der Waals surface area contributed by atoms with Crippen molar-refractivity contribution in [2.45, 2.75) is 25.1 Å². The van der Waals surface area contributed by atoms with Gasteiger partial charge in [0.05, 0.1) is 19.8 Å². The number of alkyl halides is 3. The van der Waals surface area contributed by atoms with Crippen LogP contribution in [0.15, 0.2) is 0 Å². The summed E-state index contributed by atoms with van der Waals surface area (Å²) in [5.74, 6) is 5.09. The summed E-state index contributed by atoms with van der Waals surface area (Å²) in [6, 6.07) is -0.483. The highest BCUT2D eigenvalue weighted by molar-refractivity contribution is 4.65. The number of nitrogens with one attached hydrogen (secondary N) is 1. The maximum Gasteiger partial charge on any atom is 0.389 e. The van der Waals surface area contributed by atoms with Gasteiger partial charge in [-0.05, 0) is 6.42 Å². The van der Waals surface area contributed by atoms with Gasteiger partial charge in [-0.25, -0.2) is 0 Å². The number of methoxy groups -OCH3 is 1. The van der Waals surface area contributed by atoms with Gasteiger partial charge in [-0.1, -0.05) is 0 Å². The van der Waals surface area contributed by atoms with E-state index in [1.807, 2.05) is 0 Å². The van der Waals surface area contributed by atoms with Crippen LogP contribution in [-0.4, -0.2) is 39.1 Å². The zero-order chi connectivity index (χ0) is 11.7. The molecule has 0 saturated carbocycles. The Kier molecular flexibility index (Phi) is 7.67. The van der Waals surface area contributed by atoms with Crippen molar-refractivity contribution >= 4 is 0 Å². The predicted octanol–water partition coefficient (Wildman–Crippen LogP) is 0.824. The minimum Gasteiger partial charge on any atom is -0.382 e. The number of nitrogens with two attached hydrogens (primary N) is 1. The molecule has 0 aliphatic carbocycles. The van der Waals surface area contributed by atoms with Crippen molar-refractivity contribution < 1.29 is 22.6 Å². The van der Waals surface area contributed by atoms with Crippen LogP contribution in [0.4, 0.5) is 13.2 Å². The summed E-state index contributed by atoms with van der Waals surface area (Å²) < 4.78 is 45.4. The molecule has 0 aliphatic heterocycles. The fourth-order valence-electron chi connectivity index (χ4n) is 0.921. The van der Waals surface area contributed by atoms with Crippen molar-refractivity contribution in [2.75, 3.05) is 26.9 Å². The molecule has 0 amide bonds. The summed E-state index contributed by atoms with van der Waals surface area (Å²) in [6.45, 7) is 0.910. The first-order valence-corrected chi connectivity index (χ1v) is 4.59. The third-order valence-corrected chi connectivity index (χ3v) is 1.76. The molecule has 0 aromatic heterocycles. The highest BCUT2D eigenvalue weighted by Crippen LogP contribution is 2.22. The maximum atomic E-state index is 11.9. The van der Waals surface area contributed by atoms with Crippen molar-refractivity contribution in [3.05, 3.63) is 0 Å². The van der Waals surface area contributed by atoms with E-state index >= 15 is 0 Å². The van der Waals surface area contributed by atoms with Gasteiger partial charge < -0.3 is 9.47 Å². The second kappa shape index (κ2) is 7.86. The molecule has 1 atom stereocenters. The standard InChI is InChI=1S/C8H17F3N2O2/c1-14-4-5-15-6-7(13-12)2-3-8(9,10)11/h7,13H,2-6,12H2,1H3. The topological polar surface area (TPSA) is 56.5 Å². The Morgan fingerprint density at radius 1 is 1.33 bits per heavy atom. The van der Waals surface area contributed by atoms with Crippen molar-refractivity contribution in [1.29, 1.82) is 0 Å². The molecule has 7 heteroatoms. The van der Waals surface area contributed by atoms with E-state index in [2.05, 4.69) is 5.43 Å². The Balaban J connectivity index is 3.55. The van der Waals surface area contributed by atoms with Crippen LogP contribution in [-0.2, 0) is 9.47 Å². The van der Waals surface area contributed by atoms with Crippen molar-refractivity contribution in [3.63, 3.8) is 0 Å². The molecule has 0 saturated heterocycles. The van der Waals surface area contributed by atoms with Crippen LogP contribution < -0.4 is 11.3 Å². The molecule has 0 spiro atoms. The molecule has 0 heterocycles. The number of hydrogen-bond donors (Lipinski definition) is 2. The van der Waals surface area contributed by atoms with Crippen LogP contribution in [0.25, 0.3) is 0 Å². The quantitative estimate of drug-likeness (QED) is 0.368. The lowest BCUT2D eigenvalue weighted by molar-refractivity contribution is -0.137. The van der Waals surface area contributed by atoms with E-state index in [1.54, 1.807) is 0 Å². The van der Waals surface area contributed by atoms with Crippen LogP contribution in [0.2, 0.25) is 0 Å². The monoisotopic (exact) mass is 230 g/mol. The van der Waals surface area contributed by atoms with Crippen molar-refractivity contribution in [2.24, 2.45) is 5.84 Å². The molecule has 92 valence electrons. The molecule has 0 bridgehead atoms. The first-order chi connectivity index (χ1) is 6.99. The SMILES string of the molecule is COCCOCC(CCC(F)(F)F)NN. The van der Waals surface area contributed by atoms with E-state index in [4.69, 9.17) is 15.3 Å². The second-order valence-corrected chi connectivity index (χ2v) is 3.09. The summed E-state index contributed by atoms with van der Waals surface area (Å²) in [7, 11) is 1.52. The van der Waals surface area contributed by atoms with Gasteiger partial charge in [-0.2, -0.15) is 13.2 Å². The number of halogens is 3. The Hall–Kier alpha value is -0.370. The molecule has 15 heavy (non-hydrogen) atoms. The highest BCUT2D eigenvalue weighted by atomic mass is 19.4. The van der Waals surface area contributed by atoms with E-state index in [-0.39, 0.29) is 13.0 Å². The van der Waals surface area contributed by atoms with E-state index < -0.39 is 18.6 Å². The molecule has 1 unspecified atom stereocenters. The molecule has 0 radical (unpaired) electrons. The van der Waals surface area contributed by atoms with Crippen LogP contribution >= 0.6 is 0 Å². The lowest BCUT2D eigenvalue weighted by Gasteiger charge is -2.16. The zero-order valence-electron chi connectivity index (χ0n) is 8.64. The normalized spacial score (nSPS) is 14.2. The molecular weight excluding hydrogens is 213 g/mol. The number of rotatable bonds is 8. The lowest BCUT2D eigenvalue weighted by Crippen LogP contribution is -2.39. The first-order valence-electron chi connectivity index (χ1n) is 4.59. The minimum atomic E-state index is -4.15. The van der Waals surface area contributed by atoms with Crippen LogP contribution in [0.5, 0.6) is 0 Å². The van der Waals surface area contributed by atoms with Crippen molar-refractivity contribution in [3.8, 4) is 0 Å². The Morgan fingerprint density at radius 2 is 2.00 bits per heavy atom. The smallest absolute Gasteiger partial charge is 0.382 e. The average molecular weight is 230 g/mol. The summed E-state index contributed by atoms with van der Waals surface area (Å²) >= 11 is 0. The molecule has 0 rings (SSSR count). The van der Waals surface area contributed by atoms with Crippen LogP contribution in [0.3, 0.4) is 0 Å². The first kappa shape index (κ1) is 14.6. The zero-order valence-corrected chi connectivity index (χ0v) is 8.64. The van der Waals surface area contributed by atoms with Gasteiger partial charge in [0.2, 0.25) is 0 Å². The second-order valence-electron chi connectivity index (χ2n) is 3.09. The van der Waals surface area contributed by atoms with Gasteiger partial charge in [0, 0.05) is 19.6 Å². The largest absolute Gasteiger partial charge is 0.389 e. The Labute approximate surface area is 86.9 Å². The summed E-state index contributed by atoms with van der Waals surface area (Å²) in [5, 5.41) is 0. The van der Waals surface area contributed by atoms with Gasteiger partial charge in [-0.15, -0.1) is 0 Å². The summed E-state index contributed by atoms with van der Waals surface area (Å²) in [5.41, 5.74) is 2.29. The van der Waals surface area contributed by atoms with E-state index in [9.17, 15) is 13.2 Å². The Morgan fingerprint density at radius 3 is 2.47 bits per heavy atom. The third kappa shape index (κ3) is 9.92. The van der Waals surface area contributed by atoms with E-state index in [0.717, 1.165) is 0 Å². The van der Waals surface area contributed by atoms with Gasteiger partial charge >= 0.3 is 6.18 Å². The Bertz CT molecular complexity index is 155. The van der Waals surface area contributed by atoms with Gasteiger partial charge in [0.25, 0.3) is 0 Å². The molecule has 4 nitrogen and oxygen atoms in total. The van der Waals surface area contributed by atoms with Gasteiger partial charge in [0.15, 0.2) is 0 Å². The fraction of sp³-hybridized carbons (Fsp3) is 1.00. The molecule has 0 aromatic rings. The fourth-order valence-corrected chi connectivity index (χ4v) is 0.921. The average Bonchev–Trinajstić information content (AvgIpc) is 2.15. The van der Waals surface area contributed by atoms with E-state index in [0.29, 0.717) is 13.2 Å². The highest BCUT2D eigenvalue weighted by Gasteiger charge is 2.28. The van der Waals surface area contributed by atoms with Gasteiger partial charge in [-0.3, -0.25) is 11.3 Å². The van der Waals surface area contributed by atoms with E-state index in [1.165, 1.54) is 7.11 Å². The summed E-state index contributed by atoms with van der Waals surface area (Å²) in [4.78, 5) is 0. The molecule has 0 fully saturated rings. The maximum absolute atomic E-state index is 11.9. The van der Waals surface area contributed by atoms with Crippen molar-refractivity contribution in [1.82, 2.24) is 5.43 Å². The predicted molar refractivity (Wildman–Crippen MR) is 49.1 cm³/mol. The lowest BCUT2D eigenvalue weighted by atomic mass is 10.2. The third-order valence-electron chi connectivity index (χ3n) is 1.76. The van der Waals surface area contributed by atoms with Gasteiger partial charge in [0.1, 0.15) is 0 Å². The number of ether oxygens (including phenoxy) is 2. The van der Waals surface area contributed by atoms with Crippen LogP contribution in [0.1, 0.15) is 12.8 Å². The molecule has 0 aromatic carbocycles. The number of hydrogen-bond acceptors (Lipinski definition) is 4. The molecule has 0 aliphatic rings. The molecule has 3 N–H and O–H groups in total.